The molecule has 0 N–H and O–H groups in total. The molecule has 25 heavy (non-hydrogen) atoms. The molecule has 2 aliphatic heterocycles. The first-order valence-corrected chi connectivity index (χ1v) is 8.78. The van der Waals surface area contributed by atoms with Gasteiger partial charge in [-0.25, -0.2) is 0 Å². The third-order valence-electron chi connectivity index (χ3n) is 5.40. The Kier molecular flexibility index (Phi) is 4.25. The summed E-state index contributed by atoms with van der Waals surface area (Å²) in [6.07, 6.45) is 12.7. The number of carbonyl (C=O) groups is 1. The van der Waals surface area contributed by atoms with Crippen LogP contribution in [0.1, 0.15) is 35.3 Å². The molecule has 0 saturated carbocycles. The third-order valence-corrected chi connectivity index (χ3v) is 5.40. The lowest BCUT2D eigenvalue weighted by molar-refractivity contribution is 0.0495. The van der Waals surface area contributed by atoms with E-state index in [9.17, 15) is 4.79 Å². The third kappa shape index (κ3) is 3.42. The summed E-state index contributed by atoms with van der Waals surface area (Å²) in [5.74, 6) is 0.0815. The summed E-state index contributed by atoms with van der Waals surface area (Å²) in [5, 5.41) is 4.09. The van der Waals surface area contributed by atoms with Crippen molar-refractivity contribution < 1.29 is 9.53 Å². The van der Waals surface area contributed by atoms with Gasteiger partial charge in [-0.15, -0.1) is 0 Å². The first-order chi connectivity index (χ1) is 12.1. The molecule has 2 saturated heterocycles. The number of amides is 1. The summed E-state index contributed by atoms with van der Waals surface area (Å²) in [6, 6.07) is 0. The Bertz CT molecular complexity index is 737. The van der Waals surface area contributed by atoms with E-state index in [2.05, 4.69) is 15.1 Å². The Morgan fingerprint density at radius 2 is 2.16 bits per heavy atom. The normalized spacial score (nSPS) is 22.4. The van der Waals surface area contributed by atoms with Crippen LogP contribution in [0.2, 0.25) is 0 Å². The number of aromatic nitrogens is 4. The molecule has 4 heterocycles. The van der Waals surface area contributed by atoms with E-state index in [-0.39, 0.29) is 17.4 Å². The van der Waals surface area contributed by atoms with Gasteiger partial charge in [-0.1, -0.05) is 0 Å². The number of hydrogen-bond acceptors (Lipinski definition) is 5. The predicted octanol–water partition coefficient (Wildman–Crippen LogP) is 1.46. The van der Waals surface area contributed by atoms with Crippen LogP contribution < -0.4 is 0 Å². The molecule has 7 heteroatoms. The van der Waals surface area contributed by atoms with Crippen molar-refractivity contribution >= 4 is 5.91 Å². The van der Waals surface area contributed by atoms with E-state index >= 15 is 0 Å². The molecular formula is C18H23N5O2. The second-order valence-corrected chi connectivity index (χ2v) is 7.23. The number of likely N-dealkylation sites (tertiary alicyclic amines) is 1. The second kappa shape index (κ2) is 6.55. The number of rotatable bonds is 3. The zero-order chi connectivity index (χ0) is 17.3. The molecule has 1 atom stereocenters. The molecule has 4 rings (SSSR count). The monoisotopic (exact) mass is 341 g/mol. The summed E-state index contributed by atoms with van der Waals surface area (Å²) < 4.78 is 7.72. The van der Waals surface area contributed by atoms with Gasteiger partial charge >= 0.3 is 0 Å². The van der Waals surface area contributed by atoms with Gasteiger partial charge in [0.1, 0.15) is 0 Å². The fourth-order valence-corrected chi connectivity index (χ4v) is 3.94. The van der Waals surface area contributed by atoms with Crippen molar-refractivity contribution in [2.24, 2.45) is 12.5 Å². The van der Waals surface area contributed by atoms with Gasteiger partial charge in [0.25, 0.3) is 5.91 Å². The van der Waals surface area contributed by atoms with Crippen LogP contribution in [-0.2, 0) is 18.2 Å². The Morgan fingerprint density at radius 3 is 2.84 bits per heavy atom. The lowest BCUT2D eigenvalue weighted by Gasteiger charge is -2.38. The van der Waals surface area contributed by atoms with Crippen molar-refractivity contribution in [3.05, 3.63) is 42.2 Å². The van der Waals surface area contributed by atoms with E-state index in [0.717, 1.165) is 51.1 Å². The van der Waals surface area contributed by atoms with Gasteiger partial charge in [-0.2, -0.15) is 5.10 Å². The van der Waals surface area contributed by atoms with Crippen LogP contribution in [0.4, 0.5) is 0 Å². The summed E-state index contributed by atoms with van der Waals surface area (Å²) in [7, 11) is 1.83. The number of aryl methyl sites for hydroxylation is 1. The van der Waals surface area contributed by atoms with Gasteiger partial charge in [-0.3, -0.25) is 19.4 Å². The maximum Gasteiger partial charge on any atom is 0.257 e. The highest BCUT2D eigenvalue weighted by molar-refractivity contribution is 5.93. The van der Waals surface area contributed by atoms with Gasteiger partial charge < -0.3 is 9.64 Å². The minimum absolute atomic E-state index is 0.0815. The van der Waals surface area contributed by atoms with Crippen LogP contribution in [0.3, 0.4) is 0 Å². The Balaban J connectivity index is 1.33. The highest BCUT2D eigenvalue weighted by Gasteiger charge is 2.43. The van der Waals surface area contributed by atoms with E-state index < -0.39 is 0 Å². The van der Waals surface area contributed by atoms with Crippen molar-refractivity contribution in [2.75, 3.05) is 19.7 Å². The van der Waals surface area contributed by atoms with E-state index in [1.807, 2.05) is 18.1 Å². The molecule has 7 nitrogen and oxygen atoms in total. The Hall–Kier alpha value is -2.28. The van der Waals surface area contributed by atoms with Gasteiger partial charge in [-0.05, 0) is 24.7 Å². The highest BCUT2D eigenvalue weighted by atomic mass is 16.5. The molecule has 0 radical (unpaired) electrons. The van der Waals surface area contributed by atoms with Crippen LogP contribution in [0.5, 0.6) is 0 Å². The van der Waals surface area contributed by atoms with Gasteiger partial charge in [0, 0.05) is 51.3 Å². The van der Waals surface area contributed by atoms with Gasteiger partial charge in [0.15, 0.2) is 0 Å². The number of carbonyl (C=O) groups excluding carboxylic acids is 1. The van der Waals surface area contributed by atoms with Crippen LogP contribution in [-0.4, -0.2) is 56.4 Å². The molecule has 2 aliphatic rings. The van der Waals surface area contributed by atoms with Crippen LogP contribution in [0, 0.1) is 5.41 Å². The summed E-state index contributed by atoms with van der Waals surface area (Å²) in [4.78, 5) is 23.0. The molecule has 2 fully saturated rings. The predicted molar refractivity (Wildman–Crippen MR) is 90.9 cm³/mol. The van der Waals surface area contributed by atoms with Crippen molar-refractivity contribution in [3.8, 4) is 0 Å². The van der Waals surface area contributed by atoms with Crippen LogP contribution >= 0.6 is 0 Å². The molecule has 0 aromatic carbocycles. The molecule has 2 aromatic heterocycles. The Morgan fingerprint density at radius 1 is 1.32 bits per heavy atom. The molecule has 1 amide bonds. The van der Waals surface area contributed by atoms with Gasteiger partial charge in [0.2, 0.25) is 0 Å². The smallest absolute Gasteiger partial charge is 0.257 e. The molecule has 0 bridgehead atoms. The lowest BCUT2D eigenvalue weighted by atomic mass is 9.76. The van der Waals surface area contributed by atoms with Gasteiger partial charge in [0.05, 0.1) is 30.2 Å². The van der Waals surface area contributed by atoms with E-state index in [1.54, 1.807) is 29.5 Å². The minimum atomic E-state index is 0.0815. The van der Waals surface area contributed by atoms with Crippen LogP contribution in [0.25, 0.3) is 0 Å². The second-order valence-electron chi connectivity index (χ2n) is 7.23. The summed E-state index contributed by atoms with van der Waals surface area (Å²) in [5.41, 5.74) is 1.86. The molecule has 132 valence electrons. The number of hydrogen-bond donors (Lipinski definition) is 0. The first kappa shape index (κ1) is 16.2. The minimum Gasteiger partial charge on any atom is -0.377 e. The zero-order valence-electron chi connectivity index (χ0n) is 14.5. The van der Waals surface area contributed by atoms with E-state index in [1.165, 1.54) is 0 Å². The van der Waals surface area contributed by atoms with E-state index in [0.29, 0.717) is 5.56 Å². The molecular weight excluding hydrogens is 318 g/mol. The number of ether oxygens (including phenoxy) is 1. The number of nitrogens with zero attached hydrogens (tertiary/aromatic N) is 5. The SMILES string of the molecule is Cn1cc(C(=O)N2CCC3(CC2)CO[C@@H](Cc2cnccn2)C3)cn1. The molecule has 0 unspecified atom stereocenters. The number of piperidine rings is 1. The standard InChI is InChI=1S/C18H23N5O2/c1-22-12-14(10-21-22)17(24)23-6-2-18(3-7-23)9-16(25-13-18)8-15-11-19-4-5-20-15/h4-5,10-12,16H,2-3,6-9,13H2,1H3/t16-/m0/s1. The van der Waals surface area contributed by atoms with Crippen molar-refractivity contribution in [1.29, 1.82) is 0 Å². The van der Waals surface area contributed by atoms with Crippen molar-refractivity contribution in [2.45, 2.75) is 31.8 Å². The molecule has 0 aliphatic carbocycles. The summed E-state index contributed by atoms with van der Waals surface area (Å²) >= 11 is 0. The fraction of sp³-hybridized carbons (Fsp3) is 0.556. The Labute approximate surface area is 147 Å². The lowest BCUT2D eigenvalue weighted by Crippen LogP contribution is -2.43. The van der Waals surface area contributed by atoms with Crippen molar-refractivity contribution in [1.82, 2.24) is 24.6 Å². The maximum atomic E-state index is 12.5. The zero-order valence-corrected chi connectivity index (χ0v) is 14.5. The highest BCUT2D eigenvalue weighted by Crippen LogP contribution is 2.42. The quantitative estimate of drug-likeness (QED) is 0.845. The van der Waals surface area contributed by atoms with Crippen LogP contribution in [0.15, 0.2) is 31.0 Å². The molecule has 1 spiro atoms. The van der Waals surface area contributed by atoms with Crippen molar-refractivity contribution in [3.63, 3.8) is 0 Å². The average molecular weight is 341 g/mol. The topological polar surface area (TPSA) is 73.1 Å². The van der Waals surface area contributed by atoms with E-state index in [4.69, 9.17) is 4.74 Å². The summed E-state index contributed by atoms with van der Waals surface area (Å²) in [6.45, 7) is 2.36. The fourth-order valence-electron chi connectivity index (χ4n) is 3.94. The molecule has 2 aromatic rings. The first-order valence-electron chi connectivity index (χ1n) is 8.78. The average Bonchev–Trinajstić information content (AvgIpc) is 3.23. The maximum absolute atomic E-state index is 12.5. The largest absolute Gasteiger partial charge is 0.377 e.